The zero-order chi connectivity index (χ0) is 18.2. The van der Waals surface area contributed by atoms with E-state index in [1.165, 1.54) is 7.11 Å². The van der Waals surface area contributed by atoms with E-state index < -0.39 is 0 Å². The number of carbonyl (C=O) groups is 1. The largest absolute Gasteiger partial charge is 0.486 e. The van der Waals surface area contributed by atoms with Crippen LogP contribution in [0.25, 0.3) is 0 Å². The molecule has 0 aliphatic carbocycles. The number of thiazole rings is 1. The number of methoxy groups -OCH3 is 1. The van der Waals surface area contributed by atoms with Gasteiger partial charge in [-0.15, -0.1) is 11.3 Å². The van der Waals surface area contributed by atoms with E-state index in [9.17, 15) is 4.79 Å². The van der Waals surface area contributed by atoms with Crippen molar-refractivity contribution in [2.24, 2.45) is 0 Å². The second-order valence-corrected chi connectivity index (χ2v) is 6.99. The van der Waals surface area contributed by atoms with Crippen molar-refractivity contribution in [1.82, 2.24) is 9.88 Å². The van der Waals surface area contributed by atoms with Gasteiger partial charge in [-0.25, -0.2) is 4.98 Å². The number of carbonyl (C=O) groups excluding carboxylic acids is 1. The molecule has 0 saturated heterocycles. The predicted molar refractivity (Wildman–Crippen MR) is 99.8 cm³/mol. The van der Waals surface area contributed by atoms with Crippen LogP contribution in [0.15, 0.2) is 29.6 Å². The molecule has 1 aromatic heterocycles. The Balaban J connectivity index is 1.97. The Kier molecular flexibility index (Phi) is 7.40. The molecule has 0 fully saturated rings. The summed E-state index contributed by atoms with van der Waals surface area (Å²) < 4.78 is 10.8. The average Bonchev–Trinajstić information content (AvgIpc) is 3.05. The SMILES string of the molecule is CCC(C)N(Cc1csc(COc2cccc(C)c2)n1)C(=O)COC. The number of hydrogen-bond donors (Lipinski definition) is 0. The monoisotopic (exact) mass is 362 g/mol. The first-order valence-corrected chi connectivity index (χ1v) is 9.32. The number of benzene rings is 1. The van der Waals surface area contributed by atoms with Crippen molar-refractivity contribution in [1.29, 1.82) is 0 Å². The highest BCUT2D eigenvalue weighted by Crippen LogP contribution is 2.18. The third kappa shape index (κ3) is 5.83. The first kappa shape index (κ1) is 19.4. The van der Waals surface area contributed by atoms with Crippen LogP contribution in [0.2, 0.25) is 0 Å². The summed E-state index contributed by atoms with van der Waals surface area (Å²) in [6.45, 7) is 7.18. The molecule has 25 heavy (non-hydrogen) atoms. The van der Waals surface area contributed by atoms with E-state index in [4.69, 9.17) is 9.47 Å². The van der Waals surface area contributed by atoms with Crippen molar-refractivity contribution in [3.63, 3.8) is 0 Å². The van der Waals surface area contributed by atoms with Gasteiger partial charge in [0.15, 0.2) is 0 Å². The molecular formula is C19H26N2O3S. The standard InChI is InChI=1S/C19H26N2O3S/c1-5-15(3)21(19(22)12-23-4)10-16-13-25-18(20-16)11-24-17-8-6-7-14(2)9-17/h6-9,13,15H,5,10-12H2,1-4H3. The van der Waals surface area contributed by atoms with E-state index in [1.54, 1.807) is 11.3 Å². The molecule has 2 rings (SSSR count). The maximum absolute atomic E-state index is 12.2. The topological polar surface area (TPSA) is 51.7 Å². The van der Waals surface area contributed by atoms with Crippen molar-refractivity contribution in [3.05, 3.63) is 45.9 Å². The number of aryl methyl sites for hydroxylation is 1. The zero-order valence-electron chi connectivity index (χ0n) is 15.3. The maximum Gasteiger partial charge on any atom is 0.249 e. The summed E-state index contributed by atoms with van der Waals surface area (Å²) >= 11 is 1.55. The fourth-order valence-corrected chi connectivity index (χ4v) is 3.13. The minimum atomic E-state index is -0.0117. The van der Waals surface area contributed by atoms with Crippen LogP contribution >= 0.6 is 11.3 Å². The Morgan fingerprint density at radius 1 is 1.40 bits per heavy atom. The fraction of sp³-hybridized carbons (Fsp3) is 0.474. The Bertz CT molecular complexity index is 687. The molecule has 1 aromatic carbocycles. The lowest BCUT2D eigenvalue weighted by Gasteiger charge is -2.27. The lowest BCUT2D eigenvalue weighted by molar-refractivity contribution is -0.138. The van der Waals surface area contributed by atoms with Crippen molar-refractivity contribution < 1.29 is 14.3 Å². The molecule has 0 aliphatic rings. The molecule has 1 amide bonds. The minimum Gasteiger partial charge on any atom is -0.486 e. The van der Waals surface area contributed by atoms with Crippen LogP contribution in [-0.2, 0) is 22.7 Å². The van der Waals surface area contributed by atoms with Gasteiger partial charge in [0.2, 0.25) is 5.91 Å². The molecule has 136 valence electrons. The highest BCUT2D eigenvalue weighted by Gasteiger charge is 2.20. The summed E-state index contributed by atoms with van der Waals surface area (Å²) in [7, 11) is 1.54. The molecule has 0 bridgehead atoms. The molecule has 0 radical (unpaired) electrons. The van der Waals surface area contributed by atoms with Gasteiger partial charge in [-0.2, -0.15) is 0 Å². The molecule has 1 unspecified atom stereocenters. The third-order valence-electron chi connectivity index (χ3n) is 3.99. The summed E-state index contributed by atoms with van der Waals surface area (Å²) in [5.74, 6) is 0.829. The molecule has 0 aliphatic heterocycles. The van der Waals surface area contributed by atoms with Gasteiger partial charge in [0.1, 0.15) is 24.0 Å². The normalized spacial score (nSPS) is 12.0. The van der Waals surface area contributed by atoms with E-state index in [-0.39, 0.29) is 18.6 Å². The molecular weight excluding hydrogens is 336 g/mol. The molecule has 0 N–H and O–H groups in total. The van der Waals surface area contributed by atoms with Crippen LogP contribution in [0.4, 0.5) is 0 Å². The van der Waals surface area contributed by atoms with Gasteiger partial charge >= 0.3 is 0 Å². The van der Waals surface area contributed by atoms with E-state index in [2.05, 4.69) is 11.9 Å². The lowest BCUT2D eigenvalue weighted by atomic mass is 10.2. The summed E-state index contributed by atoms with van der Waals surface area (Å²) in [5.41, 5.74) is 2.05. The second-order valence-electron chi connectivity index (χ2n) is 6.05. The van der Waals surface area contributed by atoms with E-state index >= 15 is 0 Å². The van der Waals surface area contributed by atoms with Crippen molar-refractivity contribution >= 4 is 17.2 Å². The molecule has 5 nitrogen and oxygen atoms in total. The van der Waals surface area contributed by atoms with Gasteiger partial charge in [-0.05, 0) is 38.0 Å². The van der Waals surface area contributed by atoms with Crippen LogP contribution in [-0.4, -0.2) is 35.5 Å². The molecule has 0 saturated carbocycles. The first-order valence-electron chi connectivity index (χ1n) is 8.44. The van der Waals surface area contributed by atoms with Gasteiger partial charge in [0.05, 0.1) is 12.2 Å². The number of nitrogens with zero attached hydrogens (tertiary/aromatic N) is 2. The number of rotatable bonds is 9. The maximum atomic E-state index is 12.2. The van der Waals surface area contributed by atoms with Crippen LogP contribution in [0.3, 0.4) is 0 Å². The number of hydrogen-bond acceptors (Lipinski definition) is 5. The van der Waals surface area contributed by atoms with Crippen LogP contribution < -0.4 is 4.74 Å². The molecule has 2 aromatic rings. The lowest BCUT2D eigenvalue weighted by Crippen LogP contribution is -2.39. The van der Waals surface area contributed by atoms with Gasteiger partial charge in [0, 0.05) is 18.5 Å². The van der Waals surface area contributed by atoms with Gasteiger partial charge in [0.25, 0.3) is 0 Å². The molecule has 1 heterocycles. The molecule has 1 atom stereocenters. The average molecular weight is 362 g/mol. The van der Waals surface area contributed by atoms with E-state index in [0.29, 0.717) is 13.2 Å². The summed E-state index contributed by atoms with van der Waals surface area (Å²) in [4.78, 5) is 18.7. The summed E-state index contributed by atoms with van der Waals surface area (Å²) in [6, 6.07) is 8.10. The highest BCUT2D eigenvalue weighted by molar-refractivity contribution is 7.09. The van der Waals surface area contributed by atoms with Crippen molar-refractivity contribution in [3.8, 4) is 5.75 Å². The van der Waals surface area contributed by atoms with Gasteiger partial charge < -0.3 is 14.4 Å². The van der Waals surface area contributed by atoms with Gasteiger partial charge in [-0.1, -0.05) is 19.1 Å². The van der Waals surface area contributed by atoms with Crippen LogP contribution in [0.5, 0.6) is 5.75 Å². The smallest absolute Gasteiger partial charge is 0.249 e. The Morgan fingerprint density at radius 2 is 2.20 bits per heavy atom. The highest BCUT2D eigenvalue weighted by atomic mass is 32.1. The zero-order valence-corrected chi connectivity index (χ0v) is 16.1. The van der Waals surface area contributed by atoms with E-state index in [0.717, 1.165) is 28.4 Å². The molecule has 0 spiro atoms. The minimum absolute atomic E-state index is 0.0117. The van der Waals surface area contributed by atoms with Crippen LogP contribution in [0.1, 0.15) is 36.5 Å². The first-order chi connectivity index (χ1) is 12.0. The Labute approximate surface area is 153 Å². The Hall–Kier alpha value is -1.92. The van der Waals surface area contributed by atoms with Crippen molar-refractivity contribution in [2.45, 2.75) is 46.4 Å². The van der Waals surface area contributed by atoms with E-state index in [1.807, 2.05) is 48.4 Å². The second kappa shape index (κ2) is 9.53. The summed E-state index contributed by atoms with van der Waals surface area (Å²) in [5, 5.41) is 2.89. The quantitative estimate of drug-likeness (QED) is 0.681. The van der Waals surface area contributed by atoms with Gasteiger partial charge in [-0.3, -0.25) is 4.79 Å². The summed E-state index contributed by atoms with van der Waals surface area (Å²) in [6.07, 6.45) is 0.892. The number of ether oxygens (including phenoxy) is 2. The fourth-order valence-electron chi connectivity index (χ4n) is 2.43. The van der Waals surface area contributed by atoms with Crippen molar-refractivity contribution in [2.75, 3.05) is 13.7 Å². The number of amides is 1. The third-order valence-corrected chi connectivity index (χ3v) is 4.87. The predicted octanol–water partition coefficient (Wildman–Crippen LogP) is 3.80. The number of aromatic nitrogens is 1. The van der Waals surface area contributed by atoms with Crippen LogP contribution in [0, 0.1) is 6.92 Å². The Morgan fingerprint density at radius 3 is 2.88 bits per heavy atom. The molecule has 6 heteroatoms.